The van der Waals surface area contributed by atoms with Crippen LogP contribution in [0.1, 0.15) is 72.9 Å². The summed E-state index contributed by atoms with van der Waals surface area (Å²) in [5.74, 6) is 2.61. The number of nitrogens with one attached hydrogen (secondary N) is 1. The topological polar surface area (TPSA) is 65.4 Å². The van der Waals surface area contributed by atoms with E-state index >= 15 is 0 Å². The van der Waals surface area contributed by atoms with E-state index in [-0.39, 0.29) is 11.9 Å². The molecule has 0 saturated carbocycles. The fourth-order valence-corrected chi connectivity index (χ4v) is 4.63. The molecule has 0 aliphatic rings. The van der Waals surface area contributed by atoms with E-state index in [9.17, 15) is 4.79 Å². The number of hydrogen-bond donors (Lipinski definition) is 1. The second kappa shape index (κ2) is 12.0. The molecule has 1 N–H and O–H groups in total. The zero-order valence-corrected chi connectivity index (χ0v) is 22.5. The molecule has 0 saturated heterocycles. The van der Waals surface area contributed by atoms with Crippen molar-refractivity contribution in [3.8, 4) is 11.5 Å². The fourth-order valence-electron chi connectivity index (χ4n) is 4.63. The molecule has 0 fully saturated rings. The summed E-state index contributed by atoms with van der Waals surface area (Å²) in [7, 11) is 1.57. The Labute approximate surface area is 219 Å². The molecule has 0 spiro atoms. The minimum atomic E-state index is -0.276. The van der Waals surface area contributed by atoms with E-state index in [0.717, 1.165) is 42.0 Å². The number of rotatable bonds is 11. The summed E-state index contributed by atoms with van der Waals surface area (Å²) in [4.78, 5) is 17.9. The number of benzene rings is 3. The lowest BCUT2D eigenvalue weighted by Gasteiger charge is -2.18. The number of imidazole rings is 1. The molecule has 1 heterocycles. The number of unbranched alkanes of at least 4 members (excludes halogenated alkanes) is 1. The van der Waals surface area contributed by atoms with Crippen molar-refractivity contribution in [2.24, 2.45) is 0 Å². The second-order valence-corrected chi connectivity index (χ2v) is 9.76. The molecule has 0 aliphatic heterocycles. The lowest BCUT2D eigenvalue weighted by Crippen LogP contribution is -2.29. The standard InChI is InChI=1S/C31H37N3O3/c1-21(2)24-17-16-22(3)20-29(24)37-19-11-10-18-34-27-14-8-7-13-26(27)33-30(34)23(4)32-31(35)25-12-6-9-15-28(25)36-5/h6-9,12-17,20-21,23H,10-11,18-19H2,1-5H3,(H,32,35). The summed E-state index contributed by atoms with van der Waals surface area (Å²) in [6, 6.07) is 21.5. The molecule has 1 aromatic heterocycles. The molecule has 4 aromatic rings. The number of amides is 1. The number of carbonyl (C=O) groups excluding carboxylic acids is 1. The van der Waals surface area contributed by atoms with Gasteiger partial charge in [-0.05, 0) is 74.1 Å². The Morgan fingerprint density at radius 2 is 1.73 bits per heavy atom. The van der Waals surface area contributed by atoms with Crippen molar-refractivity contribution in [3.63, 3.8) is 0 Å². The van der Waals surface area contributed by atoms with Crippen molar-refractivity contribution < 1.29 is 14.3 Å². The van der Waals surface area contributed by atoms with Crippen LogP contribution in [0.4, 0.5) is 0 Å². The van der Waals surface area contributed by atoms with Crippen LogP contribution < -0.4 is 14.8 Å². The Bertz CT molecular complexity index is 1360. The zero-order valence-electron chi connectivity index (χ0n) is 22.5. The third kappa shape index (κ3) is 6.13. The Balaban J connectivity index is 1.44. The molecule has 6 heteroatoms. The molecule has 0 radical (unpaired) electrons. The summed E-state index contributed by atoms with van der Waals surface area (Å²) in [6.07, 6.45) is 1.85. The summed E-state index contributed by atoms with van der Waals surface area (Å²) in [5, 5.41) is 3.11. The Morgan fingerprint density at radius 3 is 2.51 bits per heavy atom. The Hall–Kier alpha value is -3.80. The van der Waals surface area contributed by atoms with Gasteiger partial charge in [-0.25, -0.2) is 4.98 Å². The van der Waals surface area contributed by atoms with Gasteiger partial charge in [-0.3, -0.25) is 4.79 Å². The van der Waals surface area contributed by atoms with E-state index in [2.05, 4.69) is 54.9 Å². The highest BCUT2D eigenvalue weighted by Gasteiger charge is 2.20. The predicted molar refractivity (Wildman–Crippen MR) is 149 cm³/mol. The SMILES string of the molecule is COc1ccccc1C(=O)NC(C)c1nc2ccccc2n1CCCCOc1cc(C)ccc1C(C)C. The molecule has 194 valence electrons. The third-order valence-corrected chi connectivity index (χ3v) is 6.60. The van der Waals surface area contributed by atoms with Crippen LogP contribution in [0.3, 0.4) is 0 Å². The number of hydrogen-bond acceptors (Lipinski definition) is 4. The summed E-state index contributed by atoms with van der Waals surface area (Å²) < 4.78 is 13.8. The van der Waals surface area contributed by atoms with Crippen molar-refractivity contribution in [2.75, 3.05) is 13.7 Å². The molecule has 1 amide bonds. The van der Waals surface area contributed by atoms with E-state index in [4.69, 9.17) is 14.5 Å². The smallest absolute Gasteiger partial charge is 0.255 e. The van der Waals surface area contributed by atoms with Crippen LogP contribution in [0.2, 0.25) is 0 Å². The van der Waals surface area contributed by atoms with Crippen LogP contribution in [-0.2, 0) is 6.54 Å². The summed E-state index contributed by atoms with van der Waals surface area (Å²) >= 11 is 0. The van der Waals surface area contributed by atoms with Gasteiger partial charge in [-0.2, -0.15) is 0 Å². The first-order valence-electron chi connectivity index (χ1n) is 13.0. The van der Waals surface area contributed by atoms with Gasteiger partial charge in [-0.15, -0.1) is 0 Å². The second-order valence-electron chi connectivity index (χ2n) is 9.76. The maximum Gasteiger partial charge on any atom is 0.255 e. The van der Waals surface area contributed by atoms with Crippen molar-refractivity contribution in [2.45, 2.75) is 59.0 Å². The molecule has 0 aliphatic carbocycles. The monoisotopic (exact) mass is 499 g/mol. The average molecular weight is 500 g/mol. The van der Waals surface area contributed by atoms with Gasteiger partial charge in [0.05, 0.1) is 36.4 Å². The lowest BCUT2D eigenvalue weighted by atomic mass is 10.0. The molecule has 37 heavy (non-hydrogen) atoms. The number of carbonyl (C=O) groups is 1. The van der Waals surface area contributed by atoms with Crippen molar-refractivity contribution >= 4 is 16.9 Å². The van der Waals surface area contributed by atoms with Gasteiger partial charge in [0.1, 0.15) is 17.3 Å². The number of ether oxygens (including phenoxy) is 2. The number of fused-ring (bicyclic) bond motifs is 1. The minimum absolute atomic E-state index is 0.184. The minimum Gasteiger partial charge on any atom is -0.496 e. The predicted octanol–water partition coefficient (Wildman–Crippen LogP) is 6.83. The summed E-state index contributed by atoms with van der Waals surface area (Å²) in [5.41, 5.74) is 4.95. The number of methoxy groups -OCH3 is 1. The van der Waals surface area contributed by atoms with Gasteiger partial charge in [0, 0.05) is 6.54 Å². The molecule has 0 bridgehead atoms. The quantitative estimate of drug-likeness (QED) is 0.230. The van der Waals surface area contributed by atoms with Gasteiger partial charge in [-0.1, -0.05) is 50.2 Å². The Morgan fingerprint density at radius 1 is 0.973 bits per heavy atom. The van der Waals surface area contributed by atoms with E-state index in [1.807, 2.05) is 37.3 Å². The van der Waals surface area contributed by atoms with Gasteiger partial charge in [0.2, 0.25) is 0 Å². The van der Waals surface area contributed by atoms with E-state index in [1.54, 1.807) is 19.2 Å². The molecule has 1 atom stereocenters. The van der Waals surface area contributed by atoms with Crippen molar-refractivity contribution in [3.05, 3.63) is 89.2 Å². The van der Waals surface area contributed by atoms with Crippen LogP contribution in [0.5, 0.6) is 11.5 Å². The van der Waals surface area contributed by atoms with E-state index in [0.29, 0.717) is 23.8 Å². The number of nitrogens with zero attached hydrogens (tertiary/aromatic N) is 2. The van der Waals surface area contributed by atoms with Gasteiger partial charge in [0.25, 0.3) is 5.91 Å². The zero-order chi connectivity index (χ0) is 26.4. The highest BCUT2D eigenvalue weighted by molar-refractivity contribution is 5.97. The van der Waals surface area contributed by atoms with Crippen molar-refractivity contribution in [1.82, 2.24) is 14.9 Å². The third-order valence-electron chi connectivity index (χ3n) is 6.60. The first kappa shape index (κ1) is 26.3. The van der Waals surface area contributed by atoms with E-state index in [1.165, 1.54) is 11.1 Å². The van der Waals surface area contributed by atoms with Gasteiger partial charge in [0.15, 0.2) is 0 Å². The van der Waals surface area contributed by atoms with Crippen LogP contribution in [0, 0.1) is 6.92 Å². The van der Waals surface area contributed by atoms with Crippen molar-refractivity contribution in [1.29, 1.82) is 0 Å². The molecular formula is C31H37N3O3. The fraction of sp³-hybridized carbons (Fsp3) is 0.355. The van der Waals surface area contributed by atoms with E-state index < -0.39 is 0 Å². The molecular weight excluding hydrogens is 462 g/mol. The van der Waals surface area contributed by atoms with Crippen LogP contribution in [-0.4, -0.2) is 29.2 Å². The Kier molecular flexibility index (Phi) is 8.49. The molecule has 1 unspecified atom stereocenters. The van der Waals surface area contributed by atoms with Crippen LogP contribution in [0.25, 0.3) is 11.0 Å². The maximum absolute atomic E-state index is 13.0. The number of aromatic nitrogens is 2. The van der Waals surface area contributed by atoms with Crippen LogP contribution in [0.15, 0.2) is 66.7 Å². The van der Waals surface area contributed by atoms with Gasteiger partial charge >= 0.3 is 0 Å². The first-order valence-corrected chi connectivity index (χ1v) is 13.0. The normalized spacial score (nSPS) is 12.1. The average Bonchev–Trinajstić information content (AvgIpc) is 3.27. The highest BCUT2D eigenvalue weighted by atomic mass is 16.5. The lowest BCUT2D eigenvalue weighted by molar-refractivity contribution is 0.0934. The number of aryl methyl sites for hydroxylation is 2. The molecule has 3 aromatic carbocycles. The largest absolute Gasteiger partial charge is 0.496 e. The highest BCUT2D eigenvalue weighted by Crippen LogP contribution is 2.28. The maximum atomic E-state index is 13.0. The molecule has 4 rings (SSSR count). The molecule has 6 nitrogen and oxygen atoms in total. The first-order chi connectivity index (χ1) is 17.9. The van der Waals surface area contributed by atoms with Gasteiger partial charge < -0.3 is 19.4 Å². The van der Waals surface area contributed by atoms with Crippen LogP contribution >= 0.6 is 0 Å². The summed E-state index contributed by atoms with van der Waals surface area (Å²) in [6.45, 7) is 9.90. The number of para-hydroxylation sites is 3.